The van der Waals surface area contributed by atoms with Crippen molar-refractivity contribution in [1.82, 2.24) is 0 Å². The van der Waals surface area contributed by atoms with E-state index in [-0.39, 0.29) is 5.91 Å². The summed E-state index contributed by atoms with van der Waals surface area (Å²) in [5.41, 5.74) is 2.04. The molecule has 116 valence electrons. The first kappa shape index (κ1) is 15.8. The van der Waals surface area contributed by atoms with Gasteiger partial charge in [0.25, 0.3) is 5.91 Å². The van der Waals surface area contributed by atoms with Crippen LogP contribution in [0.25, 0.3) is 0 Å². The highest BCUT2D eigenvalue weighted by atomic mass is 16.5. The van der Waals surface area contributed by atoms with Crippen molar-refractivity contribution in [3.05, 3.63) is 53.0 Å². The minimum absolute atomic E-state index is 0.340. The number of amides is 1. The van der Waals surface area contributed by atoms with Crippen LogP contribution in [0.2, 0.25) is 0 Å². The van der Waals surface area contributed by atoms with Crippen LogP contribution in [0.1, 0.15) is 34.4 Å². The zero-order valence-electron chi connectivity index (χ0n) is 13.1. The molecule has 1 N–H and O–H groups in total. The van der Waals surface area contributed by atoms with Crippen molar-refractivity contribution in [2.45, 2.75) is 33.8 Å². The van der Waals surface area contributed by atoms with Crippen molar-refractivity contribution in [2.75, 3.05) is 5.32 Å². The maximum Gasteiger partial charge on any atom is 0.342 e. The Labute approximate surface area is 129 Å². The predicted octanol–water partition coefficient (Wildman–Crippen LogP) is 3.39. The second-order valence-corrected chi connectivity index (χ2v) is 5.23. The highest BCUT2D eigenvalue weighted by molar-refractivity contribution is 5.97. The van der Waals surface area contributed by atoms with E-state index in [4.69, 9.17) is 9.15 Å². The third-order valence-electron chi connectivity index (χ3n) is 3.20. The van der Waals surface area contributed by atoms with Crippen molar-refractivity contribution in [2.24, 2.45) is 0 Å². The number of hydrogen-bond donors (Lipinski definition) is 1. The second kappa shape index (κ2) is 6.47. The molecule has 2 rings (SSSR count). The molecule has 5 nitrogen and oxygen atoms in total. The number of furan rings is 1. The van der Waals surface area contributed by atoms with Gasteiger partial charge in [0.1, 0.15) is 17.1 Å². The summed E-state index contributed by atoms with van der Waals surface area (Å²) in [7, 11) is 0. The molecule has 22 heavy (non-hydrogen) atoms. The van der Waals surface area contributed by atoms with Crippen LogP contribution in [0.4, 0.5) is 5.69 Å². The Kier molecular flexibility index (Phi) is 4.65. The van der Waals surface area contributed by atoms with Crippen LogP contribution >= 0.6 is 0 Å². The first-order valence-corrected chi connectivity index (χ1v) is 7.02. The largest absolute Gasteiger partial charge is 0.466 e. The van der Waals surface area contributed by atoms with Gasteiger partial charge in [0, 0.05) is 5.69 Å². The van der Waals surface area contributed by atoms with Gasteiger partial charge in [0.05, 0.1) is 0 Å². The fourth-order valence-corrected chi connectivity index (χ4v) is 2.08. The van der Waals surface area contributed by atoms with Gasteiger partial charge in [-0.1, -0.05) is 12.1 Å². The first-order chi connectivity index (χ1) is 10.4. The van der Waals surface area contributed by atoms with E-state index in [0.717, 1.165) is 5.56 Å². The molecule has 1 unspecified atom stereocenters. The van der Waals surface area contributed by atoms with Crippen LogP contribution in [-0.2, 0) is 9.53 Å². The van der Waals surface area contributed by atoms with Crippen molar-refractivity contribution < 1.29 is 18.7 Å². The zero-order valence-corrected chi connectivity index (χ0v) is 13.1. The number of ether oxygens (including phenoxy) is 1. The highest BCUT2D eigenvalue weighted by Gasteiger charge is 2.22. The van der Waals surface area contributed by atoms with Gasteiger partial charge >= 0.3 is 5.97 Å². The van der Waals surface area contributed by atoms with Crippen molar-refractivity contribution in [3.63, 3.8) is 0 Å². The topological polar surface area (TPSA) is 68.5 Å². The van der Waals surface area contributed by atoms with Gasteiger partial charge in [0.2, 0.25) is 0 Å². The molecule has 0 aliphatic heterocycles. The van der Waals surface area contributed by atoms with E-state index < -0.39 is 12.1 Å². The standard InChI is InChI=1S/C17H19NO4/c1-10-6-5-7-14(8-10)18-16(19)13(4)22-17(20)15-9-11(2)21-12(15)3/h5-9,13H,1-4H3,(H,18,19). The summed E-state index contributed by atoms with van der Waals surface area (Å²) in [6, 6.07) is 9.00. The van der Waals surface area contributed by atoms with Crippen molar-refractivity contribution >= 4 is 17.6 Å². The fourth-order valence-electron chi connectivity index (χ4n) is 2.08. The summed E-state index contributed by atoms with van der Waals surface area (Å²) in [6.07, 6.45) is -0.900. The van der Waals surface area contributed by atoms with E-state index >= 15 is 0 Å². The molecule has 2 aromatic rings. The molecular weight excluding hydrogens is 282 g/mol. The minimum atomic E-state index is -0.900. The van der Waals surface area contributed by atoms with Gasteiger partial charge in [-0.25, -0.2) is 4.79 Å². The number of benzene rings is 1. The summed E-state index contributed by atoms with van der Waals surface area (Å²) < 4.78 is 10.5. The number of carbonyl (C=O) groups is 2. The quantitative estimate of drug-likeness (QED) is 0.879. The normalized spacial score (nSPS) is 11.8. The monoisotopic (exact) mass is 301 g/mol. The van der Waals surface area contributed by atoms with Gasteiger partial charge in [0.15, 0.2) is 6.10 Å². The maximum atomic E-state index is 12.1. The summed E-state index contributed by atoms with van der Waals surface area (Å²) in [6.45, 7) is 6.90. The maximum absolute atomic E-state index is 12.1. The van der Waals surface area contributed by atoms with Crippen LogP contribution in [0.3, 0.4) is 0 Å². The average Bonchev–Trinajstić information content (AvgIpc) is 2.77. The van der Waals surface area contributed by atoms with Gasteiger partial charge < -0.3 is 14.5 Å². The lowest BCUT2D eigenvalue weighted by Gasteiger charge is -2.13. The van der Waals surface area contributed by atoms with Crippen LogP contribution < -0.4 is 5.32 Å². The molecule has 0 fully saturated rings. The third kappa shape index (κ3) is 3.75. The molecule has 1 amide bonds. The molecule has 0 radical (unpaired) electrons. The summed E-state index contributed by atoms with van der Waals surface area (Å²) in [5.74, 6) is 0.160. The highest BCUT2D eigenvalue weighted by Crippen LogP contribution is 2.16. The lowest BCUT2D eigenvalue weighted by Crippen LogP contribution is -2.30. The van der Waals surface area contributed by atoms with Gasteiger partial charge in [-0.05, 0) is 51.5 Å². The average molecular weight is 301 g/mol. The SMILES string of the molecule is Cc1cccc(NC(=O)C(C)OC(=O)c2cc(C)oc2C)c1. The van der Waals surface area contributed by atoms with Gasteiger partial charge in [-0.3, -0.25) is 4.79 Å². The lowest BCUT2D eigenvalue weighted by atomic mass is 10.2. The molecule has 0 aliphatic rings. The Morgan fingerprint density at radius 1 is 1.18 bits per heavy atom. The molecule has 1 heterocycles. The van der Waals surface area contributed by atoms with E-state index in [2.05, 4.69) is 5.32 Å². The van der Waals surface area contributed by atoms with Crippen LogP contribution in [0.15, 0.2) is 34.7 Å². The summed E-state index contributed by atoms with van der Waals surface area (Å²) in [5, 5.41) is 2.72. The molecule has 0 bridgehead atoms. The smallest absolute Gasteiger partial charge is 0.342 e. The molecular formula is C17H19NO4. The van der Waals surface area contributed by atoms with Gasteiger partial charge in [-0.2, -0.15) is 0 Å². The number of rotatable bonds is 4. The van der Waals surface area contributed by atoms with E-state index in [1.807, 2.05) is 25.1 Å². The third-order valence-corrected chi connectivity index (χ3v) is 3.20. The van der Waals surface area contributed by atoms with Crippen molar-refractivity contribution in [3.8, 4) is 0 Å². The Balaban J connectivity index is 1.99. The van der Waals surface area contributed by atoms with E-state index in [9.17, 15) is 9.59 Å². The Bertz CT molecular complexity index is 702. The number of nitrogens with one attached hydrogen (secondary N) is 1. The van der Waals surface area contributed by atoms with E-state index in [1.54, 1.807) is 26.0 Å². The number of anilines is 1. The predicted molar refractivity (Wildman–Crippen MR) is 82.9 cm³/mol. The number of esters is 1. The summed E-state index contributed by atoms with van der Waals surface area (Å²) >= 11 is 0. The Hall–Kier alpha value is -2.56. The summed E-state index contributed by atoms with van der Waals surface area (Å²) in [4.78, 5) is 24.1. The Morgan fingerprint density at radius 2 is 1.91 bits per heavy atom. The number of hydrogen-bond acceptors (Lipinski definition) is 4. The zero-order chi connectivity index (χ0) is 16.3. The van der Waals surface area contributed by atoms with Gasteiger partial charge in [-0.15, -0.1) is 0 Å². The molecule has 5 heteroatoms. The lowest BCUT2D eigenvalue weighted by molar-refractivity contribution is -0.123. The van der Waals surface area contributed by atoms with E-state index in [0.29, 0.717) is 22.8 Å². The molecule has 1 aromatic carbocycles. The molecule has 1 atom stereocenters. The van der Waals surface area contributed by atoms with Crippen LogP contribution in [0.5, 0.6) is 0 Å². The number of aryl methyl sites for hydroxylation is 3. The molecule has 0 spiro atoms. The van der Waals surface area contributed by atoms with Crippen LogP contribution in [0, 0.1) is 20.8 Å². The molecule has 0 saturated carbocycles. The minimum Gasteiger partial charge on any atom is -0.466 e. The van der Waals surface area contributed by atoms with E-state index in [1.165, 1.54) is 6.92 Å². The first-order valence-electron chi connectivity index (χ1n) is 7.02. The van der Waals surface area contributed by atoms with Crippen molar-refractivity contribution in [1.29, 1.82) is 0 Å². The second-order valence-electron chi connectivity index (χ2n) is 5.23. The molecule has 1 aromatic heterocycles. The Morgan fingerprint density at radius 3 is 2.50 bits per heavy atom. The molecule has 0 saturated heterocycles. The van der Waals surface area contributed by atoms with Crippen LogP contribution in [-0.4, -0.2) is 18.0 Å². The number of carbonyl (C=O) groups excluding carboxylic acids is 2. The molecule has 0 aliphatic carbocycles. The fraction of sp³-hybridized carbons (Fsp3) is 0.294.